The lowest BCUT2D eigenvalue weighted by Crippen LogP contribution is -2.15. The van der Waals surface area contributed by atoms with Gasteiger partial charge in [-0.05, 0) is 111 Å². The summed E-state index contributed by atoms with van der Waals surface area (Å²) >= 11 is 0. The molecule has 220 valence electrons. The molecule has 0 heterocycles. The molecule has 0 unspecified atom stereocenters. The van der Waals surface area contributed by atoms with Gasteiger partial charge in [-0.3, -0.25) is 0 Å². The molecule has 0 amide bonds. The van der Waals surface area contributed by atoms with E-state index in [1.807, 2.05) is 0 Å². The van der Waals surface area contributed by atoms with Gasteiger partial charge < -0.3 is 9.80 Å². The Kier molecular flexibility index (Phi) is 7.35. The van der Waals surface area contributed by atoms with Crippen LogP contribution in [0.1, 0.15) is 27.8 Å². The second kappa shape index (κ2) is 11.6. The second-order valence-corrected chi connectivity index (χ2v) is 12.3. The number of fused-ring (bicyclic) bond motifs is 2. The SMILES string of the molecule is Cc1cccc(N(c2cccc(C)c2)c2c3ccccc3c(N(c3cccc(C)c3)c3cc(C)cc(C)c3)c3ccccc23)c1. The van der Waals surface area contributed by atoms with Gasteiger partial charge in [-0.1, -0.05) is 91.0 Å². The Labute approximate surface area is 266 Å². The Morgan fingerprint density at radius 1 is 0.289 bits per heavy atom. The van der Waals surface area contributed by atoms with Gasteiger partial charge in [0.2, 0.25) is 0 Å². The summed E-state index contributed by atoms with van der Waals surface area (Å²) in [5, 5.41) is 4.82. The van der Waals surface area contributed by atoms with Crippen LogP contribution in [0.3, 0.4) is 0 Å². The fourth-order valence-corrected chi connectivity index (χ4v) is 6.76. The lowest BCUT2D eigenvalue weighted by molar-refractivity contribution is 1.26. The molecule has 7 rings (SSSR count). The third-order valence-corrected chi connectivity index (χ3v) is 8.57. The standard InChI is InChI=1S/C43H38N2/c1-29-13-10-16-34(24-29)44(35-17-11-14-30(2)25-35)42-38-19-6-8-21-40(38)43(41-22-9-7-20-39(41)42)45(36-18-12-15-31(3)26-36)37-27-32(4)23-33(5)28-37/h6-28H,1-5H3. The highest BCUT2D eigenvalue weighted by molar-refractivity contribution is 6.23. The zero-order valence-corrected chi connectivity index (χ0v) is 26.7. The van der Waals surface area contributed by atoms with Gasteiger partial charge in [-0.15, -0.1) is 0 Å². The molecule has 0 N–H and O–H groups in total. The second-order valence-electron chi connectivity index (χ2n) is 12.3. The first-order valence-corrected chi connectivity index (χ1v) is 15.7. The van der Waals surface area contributed by atoms with E-state index in [0.29, 0.717) is 0 Å². The normalized spacial score (nSPS) is 11.2. The smallest absolute Gasteiger partial charge is 0.0619 e. The molecular formula is C43H38N2. The van der Waals surface area contributed by atoms with Crippen molar-refractivity contribution in [3.63, 3.8) is 0 Å². The first-order valence-electron chi connectivity index (χ1n) is 15.7. The van der Waals surface area contributed by atoms with Crippen molar-refractivity contribution in [2.24, 2.45) is 0 Å². The van der Waals surface area contributed by atoms with Crippen LogP contribution in [0.2, 0.25) is 0 Å². The van der Waals surface area contributed by atoms with Gasteiger partial charge in [0.15, 0.2) is 0 Å². The fraction of sp³-hybridized carbons (Fsp3) is 0.116. The Bertz CT molecular complexity index is 2070. The summed E-state index contributed by atoms with van der Waals surface area (Å²) in [4.78, 5) is 4.91. The number of benzene rings is 7. The average molecular weight is 583 g/mol. The predicted octanol–water partition coefficient (Wildman–Crippen LogP) is 12.5. The highest BCUT2D eigenvalue weighted by Crippen LogP contribution is 2.51. The summed E-state index contributed by atoms with van der Waals surface area (Å²) in [6, 6.07) is 51.2. The zero-order valence-electron chi connectivity index (χ0n) is 26.7. The summed E-state index contributed by atoms with van der Waals surface area (Å²) in [5.74, 6) is 0. The van der Waals surface area contributed by atoms with Crippen molar-refractivity contribution in [2.75, 3.05) is 9.80 Å². The van der Waals surface area contributed by atoms with E-state index in [4.69, 9.17) is 0 Å². The molecule has 2 heteroatoms. The average Bonchev–Trinajstić information content (AvgIpc) is 3.02. The van der Waals surface area contributed by atoms with E-state index >= 15 is 0 Å². The maximum Gasteiger partial charge on any atom is 0.0619 e. The topological polar surface area (TPSA) is 6.48 Å². The van der Waals surface area contributed by atoms with Crippen molar-refractivity contribution in [1.29, 1.82) is 0 Å². The molecule has 0 bridgehead atoms. The van der Waals surface area contributed by atoms with Gasteiger partial charge in [0.05, 0.1) is 11.4 Å². The minimum absolute atomic E-state index is 1.15. The molecule has 0 fully saturated rings. The van der Waals surface area contributed by atoms with E-state index in [1.54, 1.807) is 0 Å². The summed E-state index contributed by atoms with van der Waals surface area (Å²) < 4.78 is 0. The van der Waals surface area contributed by atoms with Crippen LogP contribution >= 0.6 is 0 Å². The number of anilines is 6. The summed E-state index contributed by atoms with van der Waals surface area (Å²) in [6.45, 7) is 10.9. The number of hydrogen-bond donors (Lipinski definition) is 0. The van der Waals surface area contributed by atoms with Crippen LogP contribution in [0.4, 0.5) is 34.1 Å². The van der Waals surface area contributed by atoms with E-state index in [-0.39, 0.29) is 0 Å². The molecule has 0 saturated carbocycles. The fourth-order valence-electron chi connectivity index (χ4n) is 6.76. The molecule has 0 radical (unpaired) electrons. The molecule has 0 spiro atoms. The number of aryl methyl sites for hydroxylation is 5. The number of nitrogens with zero attached hydrogens (tertiary/aromatic N) is 2. The van der Waals surface area contributed by atoms with Crippen LogP contribution in [0, 0.1) is 34.6 Å². The van der Waals surface area contributed by atoms with Crippen molar-refractivity contribution < 1.29 is 0 Å². The van der Waals surface area contributed by atoms with Crippen LogP contribution in [-0.2, 0) is 0 Å². The highest BCUT2D eigenvalue weighted by Gasteiger charge is 2.25. The molecule has 0 aliphatic heterocycles. The molecule has 2 nitrogen and oxygen atoms in total. The van der Waals surface area contributed by atoms with Gasteiger partial charge in [0.1, 0.15) is 0 Å². The van der Waals surface area contributed by atoms with Gasteiger partial charge in [-0.25, -0.2) is 0 Å². The first kappa shape index (κ1) is 28.4. The summed E-state index contributed by atoms with van der Waals surface area (Å²) in [6.07, 6.45) is 0. The highest BCUT2D eigenvalue weighted by atomic mass is 15.2. The van der Waals surface area contributed by atoms with Crippen molar-refractivity contribution >= 4 is 55.7 Å². The van der Waals surface area contributed by atoms with Crippen LogP contribution in [0.25, 0.3) is 21.5 Å². The molecule has 45 heavy (non-hydrogen) atoms. The van der Waals surface area contributed by atoms with Crippen LogP contribution in [-0.4, -0.2) is 0 Å². The Hall–Kier alpha value is -5.34. The minimum Gasteiger partial charge on any atom is -0.309 e. The summed E-state index contributed by atoms with van der Waals surface area (Å²) in [5.41, 5.74) is 13.2. The molecule has 7 aromatic rings. The van der Waals surface area contributed by atoms with Crippen LogP contribution in [0.5, 0.6) is 0 Å². The van der Waals surface area contributed by atoms with E-state index in [9.17, 15) is 0 Å². The Morgan fingerprint density at radius 3 is 0.933 bits per heavy atom. The van der Waals surface area contributed by atoms with E-state index in [0.717, 1.165) is 22.7 Å². The van der Waals surface area contributed by atoms with Gasteiger partial charge in [-0.2, -0.15) is 0 Å². The molecule has 0 saturated heterocycles. The third-order valence-electron chi connectivity index (χ3n) is 8.57. The van der Waals surface area contributed by atoms with E-state index in [1.165, 1.54) is 60.7 Å². The Balaban J connectivity index is 1.63. The van der Waals surface area contributed by atoms with Crippen molar-refractivity contribution in [2.45, 2.75) is 34.6 Å². The minimum atomic E-state index is 1.15. The summed E-state index contributed by atoms with van der Waals surface area (Å²) in [7, 11) is 0. The van der Waals surface area contributed by atoms with Crippen molar-refractivity contribution in [3.8, 4) is 0 Å². The first-order chi connectivity index (χ1) is 21.9. The number of rotatable bonds is 6. The van der Waals surface area contributed by atoms with E-state index < -0.39 is 0 Å². The maximum atomic E-state index is 2.46. The van der Waals surface area contributed by atoms with Crippen molar-refractivity contribution in [1.82, 2.24) is 0 Å². The quantitative estimate of drug-likeness (QED) is 0.142. The lowest BCUT2D eigenvalue weighted by Gasteiger charge is -2.33. The zero-order chi connectivity index (χ0) is 31.1. The molecular weight excluding hydrogens is 544 g/mol. The van der Waals surface area contributed by atoms with Gasteiger partial charge in [0.25, 0.3) is 0 Å². The third kappa shape index (κ3) is 5.34. The van der Waals surface area contributed by atoms with Crippen LogP contribution < -0.4 is 9.80 Å². The molecule has 0 atom stereocenters. The largest absolute Gasteiger partial charge is 0.309 e. The number of hydrogen-bond acceptors (Lipinski definition) is 2. The molecule has 0 aliphatic carbocycles. The molecule has 0 aliphatic rings. The van der Waals surface area contributed by atoms with Crippen molar-refractivity contribution in [3.05, 3.63) is 167 Å². The van der Waals surface area contributed by atoms with E-state index in [2.05, 4.69) is 184 Å². The monoisotopic (exact) mass is 582 g/mol. The maximum absolute atomic E-state index is 2.46. The van der Waals surface area contributed by atoms with Gasteiger partial charge >= 0.3 is 0 Å². The Morgan fingerprint density at radius 2 is 0.600 bits per heavy atom. The molecule has 0 aromatic heterocycles. The lowest BCUT2D eigenvalue weighted by atomic mass is 9.95. The van der Waals surface area contributed by atoms with Gasteiger partial charge in [0, 0.05) is 44.3 Å². The molecule has 7 aromatic carbocycles. The predicted molar refractivity (Wildman–Crippen MR) is 195 cm³/mol. The van der Waals surface area contributed by atoms with Crippen LogP contribution in [0.15, 0.2) is 140 Å².